The lowest BCUT2D eigenvalue weighted by atomic mass is 10.2. The maximum absolute atomic E-state index is 10.9. The highest BCUT2D eigenvalue weighted by Crippen LogP contribution is 2.11. The maximum Gasteiger partial charge on any atom is 0.374 e. The molecule has 0 fully saturated rings. The van der Waals surface area contributed by atoms with Crippen molar-refractivity contribution in [3.8, 4) is 0 Å². The number of H-pyrrole nitrogens is 1. The molecule has 2 aromatic rings. The number of carboxylic acid groups (broad SMARTS) is 1. The van der Waals surface area contributed by atoms with Crippen molar-refractivity contribution in [2.24, 2.45) is 0 Å². The van der Waals surface area contributed by atoms with Crippen LogP contribution in [0.5, 0.6) is 0 Å². The zero-order chi connectivity index (χ0) is 16.5. The van der Waals surface area contributed by atoms with Crippen molar-refractivity contribution in [2.45, 2.75) is 19.9 Å². The molecule has 0 aliphatic heterocycles. The van der Waals surface area contributed by atoms with Gasteiger partial charge in [-0.3, -0.25) is 9.67 Å². The van der Waals surface area contributed by atoms with Crippen LogP contribution in [-0.4, -0.2) is 39.6 Å². The zero-order valence-electron chi connectivity index (χ0n) is 12.4. The fourth-order valence-electron chi connectivity index (χ4n) is 1.60. The van der Waals surface area contributed by atoms with Crippen LogP contribution in [0.2, 0.25) is 5.02 Å². The predicted octanol–water partition coefficient (Wildman–Crippen LogP) is 3.38. The van der Waals surface area contributed by atoms with Gasteiger partial charge in [-0.2, -0.15) is 0 Å². The number of aromatic nitrogens is 3. The van der Waals surface area contributed by atoms with E-state index < -0.39 is 5.97 Å². The first-order valence-electron chi connectivity index (χ1n) is 6.61. The lowest BCUT2D eigenvalue weighted by molar-refractivity contribution is 0.0678. The lowest BCUT2D eigenvalue weighted by Crippen LogP contribution is -2.10. The van der Waals surface area contributed by atoms with Crippen LogP contribution < -0.4 is 0 Å². The van der Waals surface area contributed by atoms with Crippen LogP contribution in [0.25, 0.3) is 0 Å². The minimum absolute atomic E-state index is 0.107. The molecule has 22 heavy (non-hydrogen) atoms. The Morgan fingerprint density at radius 2 is 2.09 bits per heavy atom. The maximum atomic E-state index is 10.9. The normalized spacial score (nSPS) is 9.95. The average molecular weight is 344 g/mol. The molecular weight excluding hydrogens is 326 g/mol. The number of aromatic carboxylic acids is 1. The van der Waals surface area contributed by atoms with E-state index in [4.69, 9.17) is 33.7 Å². The molecule has 0 amide bonds. The van der Waals surface area contributed by atoms with E-state index in [0.29, 0.717) is 11.6 Å². The fraction of sp³-hybridized carbons (Fsp3) is 0.357. The summed E-state index contributed by atoms with van der Waals surface area (Å²) in [5.74, 6) is -1.23. The summed E-state index contributed by atoms with van der Waals surface area (Å²) >= 11 is 10.7. The van der Waals surface area contributed by atoms with Gasteiger partial charge in [-0.15, -0.1) is 5.10 Å². The van der Waals surface area contributed by atoms with Gasteiger partial charge in [0.25, 0.3) is 0 Å². The molecule has 1 aromatic carbocycles. The molecule has 0 aliphatic carbocycles. The number of benzene rings is 1. The first-order valence-corrected chi connectivity index (χ1v) is 7.40. The van der Waals surface area contributed by atoms with E-state index >= 15 is 0 Å². The molecule has 0 aliphatic rings. The van der Waals surface area contributed by atoms with Crippen LogP contribution in [0.3, 0.4) is 0 Å². The Hall–Kier alpha value is -1.70. The first kappa shape index (κ1) is 18.3. The Labute approximate surface area is 138 Å². The van der Waals surface area contributed by atoms with Crippen LogP contribution in [0.1, 0.15) is 29.5 Å². The molecule has 0 unspecified atom stereocenters. The summed E-state index contributed by atoms with van der Waals surface area (Å²) in [6, 6.07) is 7.09. The number of carbonyl (C=O) groups is 1. The Kier molecular flexibility index (Phi) is 7.79. The summed E-state index contributed by atoms with van der Waals surface area (Å²) in [6.45, 7) is 3.32. The molecule has 0 saturated heterocycles. The van der Waals surface area contributed by atoms with Crippen molar-refractivity contribution in [3.63, 3.8) is 0 Å². The first-order chi connectivity index (χ1) is 10.5. The van der Waals surface area contributed by atoms with Crippen LogP contribution in [0, 0.1) is 4.77 Å². The van der Waals surface area contributed by atoms with Crippen LogP contribution in [0.15, 0.2) is 24.3 Å². The second-order valence-electron chi connectivity index (χ2n) is 4.36. The van der Waals surface area contributed by atoms with Gasteiger partial charge in [0.2, 0.25) is 5.82 Å². The highest BCUT2D eigenvalue weighted by molar-refractivity contribution is 7.71. The standard InChI is InChI=1S/C10H8ClN3O2S.C4H10O/c11-7-3-1-6(2-4-7)5-14-8(9(15)16)12-13-10(14)17;1-3-4-5-2/h1-4H,5H2,(H,13,17)(H,15,16);3-4H2,1-2H3. The molecule has 0 spiro atoms. The fourth-order valence-corrected chi connectivity index (χ4v) is 1.93. The molecule has 1 heterocycles. The van der Waals surface area contributed by atoms with E-state index in [0.717, 1.165) is 18.6 Å². The average Bonchev–Trinajstić information content (AvgIpc) is 2.84. The smallest absolute Gasteiger partial charge is 0.374 e. The number of nitrogens with zero attached hydrogens (tertiary/aromatic N) is 2. The topological polar surface area (TPSA) is 80.1 Å². The summed E-state index contributed by atoms with van der Waals surface area (Å²) in [6.07, 6.45) is 1.12. The summed E-state index contributed by atoms with van der Waals surface area (Å²) in [4.78, 5) is 10.9. The Balaban J connectivity index is 0.000000422. The Morgan fingerprint density at radius 3 is 2.55 bits per heavy atom. The van der Waals surface area contributed by atoms with E-state index in [1.54, 1.807) is 19.2 Å². The molecular formula is C14H18ClN3O3S. The highest BCUT2D eigenvalue weighted by Gasteiger charge is 2.13. The van der Waals surface area contributed by atoms with Crippen molar-refractivity contribution < 1.29 is 14.6 Å². The van der Waals surface area contributed by atoms with Crippen molar-refractivity contribution >= 4 is 29.8 Å². The monoisotopic (exact) mass is 343 g/mol. The summed E-state index contributed by atoms with van der Waals surface area (Å²) < 4.78 is 6.38. The van der Waals surface area contributed by atoms with Crippen molar-refractivity contribution in [2.75, 3.05) is 13.7 Å². The number of carboxylic acids is 1. The third-order valence-electron chi connectivity index (χ3n) is 2.61. The van der Waals surface area contributed by atoms with Gasteiger partial charge in [0, 0.05) is 18.7 Å². The third kappa shape index (κ3) is 5.59. The van der Waals surface area contributed by atoms with E-state index in [1.165, 1.54) is 4.57 Å². The Bertz CT molecular complexity index is 650. The number of nitrogens with one attached hydrogen (secondary N) is 1. The molecule has 1 aromatic heterocycles. The molecule has 0 atom stereocenters. The molecule has 8 heteroatoms. The second-order valence-corrected chi connectivity index (χ2v) is 5.19. The van der Waals surface area contributed by atoms with Gasteiger partial charge in [0.05, 0.1) is 6.54 Å². The number of halogens is 1. The number of hydrogen-bond donors (Lipinski definition) is 2. The minimum atomic E-state index is -1.12. The van der Waals surface area contributed by atoms with E-state index in [9.17, 15) is 4.79 Å². The Morgan fingerprint density at radius 1 is 1.45 bits per heavy atom. The molecule has 120 valence electrons. The van der Waals surface area contributed by atoms with Gasteiger partial charge in [-0.25, -0.2) is 4.79 Å². The number of rotatable bonds is 5. The lowest BCUT2D eigenvalue weighted by Gasteiger charge is -2.04. The highest BCUT2D eigenvalue weighted by atomic mass is 35.5. The predicted molar refractivity (Wildman–Crippen MR) is 87.1 cm³/mol. The largest absolute Gasteiger partial charge is 0.475 e. The minimum Gasteiger partial charge on any atom is -0.475 e. The number of aromatic amines is 1. The third-order valence-corrected chi connectivity index (χ3v) is 3.18. The van der Waals surface area contributed by atoms with Crippen molar-refractivity contribution in [1.29, 1.82) is 0 Å². The van der Waals surface area contributed by atoms with Crippen molar-refractivity contribution in [1.82, 2.24) is 14.8 Å². The number of methoxy groups -OCH3 is 1. The second kappa shape index (κ2) is 9.34. The molecule has 0 saturated carbocycles. The molecule has 0 bridgehead atoms. The van der Waals surface area contributed by atoms with Gasteiger partial charge in [-0.05, 0) is 36.3 Å². The van der Waals surface area contributed by atoms with Crippen molar-refractivity contribution in [3.05, 3.63) is 45.4 Å². The SMILES string of the molecule is CCCOC.O=C(O)c1n[nH]c(=S)n1Cc1ccc(Cl)cc1. The quantitative estimate of drug-likeness (QED) is 0.813. The molecule has 2 rings (SSSR count). The van der Waals surface area contributed by atoms with Gasteiger partial charge in [0.15, 0.2) is 4.77 Å². The molecule has 6 nitrogen and oxygen atoms in total. The van der Waals surface area contributed by atoms with Gasteiger partial charge in [0.1, 0.15) is 0 Å². The number of hydrogen-bond acceptors (Lipinski definition) is 4. The van der Waals surface area contributed by atoms with Gasteiger partial charge in [-0.1, -0.05) is 30.7 Å². The van der Waals surface area contributed by atoms with E-state index in [-0.39, 0.29) is 10.6 Å². The number of ether oxygens (including phenoxy) is 1. The van der Waals surface area contributed by atoms with E-state index in [1.807, 2.05) is 12.1 Å². The van der Waals surface area contributed by atoms with Crippen LogP contribution in [0.4, 0.5) is 0 Å². The molecule has 0 radical (unpaired) electrons. The summed E-state index contributed by atoms with van der Waals surface area (Å²) in [5.41, 5.74) is 0.898. The zero-order valence-corrected chi connectivity index (χ0v) is 13.9. The van der Waals surface area contributed by atoms with Gasteiger partial charge >= 0.3 is 5.97 Å². The van der Waals surface area contributed by atoms with Gasteiger partial charge < -0.3 is 9.84 Å². The summed E-state index contributed by atoms with van der Waals surface area (Å²) in [7, 11) is 1.71. The van der Waals surface area contributed by atoms with E-state index in [2.05, 4.69) is 17.1 Å². The summed E-state index contributed by atoms with van der Waals surface area (Å²) in [5, 5.41) is 15.7. The molecule has 2 N–H and O–H groups in total. The van der Waals surface area contributed by atoms with Crippen LogP contribution >= 0.6 is 23.8 Å². The van der Waals surface area contributed by atoms with Crippen LogP contribution in [-0.2, 0) is 11.3 Å².